The number of rotatable bonds is 6. The Kier molecular flexibility index (Phi) is 7.15. The highest BCUT2D eigenvalue weighted by atomic mass is 19.1. The SMILES string of the molecule is CCOC(=O)c1cnc(CC2(c3ccccc3)CCN(C(=O)Nc3cccc(F)c3)CC2)nc1. The number of hydrogen-bond acceptors (Lipinski definition) is 5. The van der Waals surface area contributed by atoms with Crippen LogP contribution in [0.3, 0.4) is 0 Å². The number of hydrogen-bond donors (Lipinski definition) is 1. The number of nitrogens with one attached hydrogen (secondary N) is 1. The summed E-state index contributed by atoms with van der Waals surface area (Å²) in [7, 11) is 0. The summed E-state index contributed by atoms with van der Waals surface area (Å²) in [6, 6.07) is 15.8. The van der Waals surface area contributed by atoms with E-state index < -0.39 is 11.8 Å². The van der Waals surface area contributed by atoms with E-state index >= 15 is 0 Å². The highest BCUT2D eigenvalue weighted by Crippen LogP contribution is 2.38. The lowest BCUT2D eigenvalue weighted by Gasteiger charge is -2.42. The monoisotopic (exact) mass is 462 g/mol. The maximum absolute atomic E-state index is 13.5. The molecule has 0 radical (unpaired) electrons. The molecule has 34 heavy (non-hydrogen) atoms. The van der Waals surface area contributed by atoms with E-state index in [9.17, 15) is 14.0 Å². The molecule has 2 amide bonds. The van der Waals surface area contributed by atoms with Crippen molar-refractivity contribution in [3.8, 4) is 0 Å². The highest BCUT2D eigenvalue weighted by molar-refractivity contribution is 5.89. The molecular formula is C26H27FN4O3. The standard InChI is InChI=1S/C26H27FN4O3/c1-2-34-24(32)19-17-28-23(29-18-19)16-26(20-7-4-3-5-8-20)11-13-31(14-12-26)25(33)30-22-10-6-9-21(27)15-22/h3-10,15,17-18H,2,11-14,16H2,1H3,(H,30,33). The third kappa shape index (κ3) is 5.39. The van der Waals surface area contributed by atoms with Crippen LogP contribution in [-0.4, -0.2) is 46.6 Å². The number of anilines is 1. The lowest BCUT2D eigenvalue weighted by molar-refractivity contribution is 0.0525. The van der Waals surface area contributed by atoms with Gasteiger partial charge in [-0.3, -0.25) is 0 Å². The largest absolute Gasteiger partial charge is 0.462 e. The number of esters is 1. The van der Waals surface area contributed by atoms with Gasteiger partial charge < -0.3 is 15.0 Å². The number of carbonyl (C=O) groups is 2. The minimum atomic E-state index is -0.440. The lowest BCUT2D eigenvalue weighted by Crippen LogP contribution is -2.47. The van der Waals surface area contributed by atoms with Crippen molar-refractivity contribution in [2.45, 2.75) is 31.6 Å². The predicted octanol–water partition coefficient (Wildman–Crippen LogP) is 4.60. The van der Waals surface area contributed by atoms with Crippen molar-refractivity contribution >= 4 is 17.7 Å². The van der Waals surface area contributed by atoms with E-state index in [4.69, 9.17) is 4.74 Å². The van der Waals surface area contributed by atoms with Gasteiger partial charge in [-0.1, -0.05) is 36.4 Å². The summed E-state index contributed by atoms with van der Waals surface area (Å²) in [5.74, 6) is -0.201. The Morgan fingerprint density at radius 1 is 1.06 bits per heavy atom. The van der Waals surface area contributed by atoms with E-state index in [1.165, 1.54) is 30.1 Å². The predicted molar refractivity (Wildman–Crippen MR) is 126 cm³/mol. The van der Waals surface area contributed by atoms with Gasteiger partial charge in [0.2, 0.25) is 0 Å². The van der Waals surface area contributed by atoms with Crippen molar-refractivity contribution in [3.63, 3.8) is 0 Å². The summed E-state index contributed by atoms with van der Waals surface area (Å²) in [6.07, 6.45) is 5.02. The average Bonchev–Trinajstić information content (AvgIpc) is 2.85. The second-order valence-corrected chi connectivity index (χ2v) is 8.36. The molecule has 0 bridgehead atoms. The molecule has 0 saturated carbocycles. The quantitative estimate of drug-likeness (QED) is 0.541. The van der Waals surface area contributed by atoms with Crippen LogP contribution in [-0.2, 0) is 16.6 Å². The van der Waals surface area contributed by atoms with Crippen molar-refractivity contribution < 1.29 is 18.7 Å². The normalized spacial score (nSPS) is 14.9. The molecule has 1 aliphatic rings. The molecule has 3 aromatic rings. The highest BCUT2D eigenvalue weighted by Gasteiger charge is 2.38. The summed E-state index contributed by atoms with van der Waals surface area (Å²) in [4.78, 5) is 35.3. The first-order chi connectivity index (χ1) is 16.5. The Bertz CT molecular complexity index is 1130. The molecule has 0 aliphatic carbocycles. The van der Waals surface area contributed by atoms with Crippen LogP contribution in [0.5, 0.6) is 0 Å². The van der Waals surface area contributed by atoms with Crippen molar-refractivity contribution in [3.05, 3.63) is 89.8 Å². The fourth-order valence-corrected chi connectivity index (χ4v) is 4.33. The summed E-state index contributed by atoms with van der Waals surface area (Å²) >= 11 is 0. The van der Waals surface area contributed by atoms with Crippen LogP contribution in [0, 0.1) is 5.82 Å². The Balaban J connectivity index is 1.48. The van der Waals surface area contributed by atoms with Crippen molar-refractivity contribution in [2.75, 3.05) is 25.0 Å². The van der Waals surface area contributed by atoms with Crippen LogP contribution in [0.15, 0.2) is 67.0 Å². The van der Waals surface area contributed by atoms with Gasteiger partial charge in [0.05, 0.1) is 12.2 Å². The molecule has 4 rings (SSSR count). The Morgan fingerprint density at radius 2 is 1.76 bits per heavy atom. The second-order valence-electron chi connectivity index (χ2n) is 8.36. The van der Waals surface area contributed by atoms with E-state index in [1.807, 2.05) is 18.2 Å². The van der Waals surface area contributed by atoms with E-state index in [0.29, 0.717) is 43.2 Å². The fraction of sp³-hybridized carbons (Fsp3) is 0.308. The van der Waals surface area contributed by atoms with Crippen LogP contribution < -0.4 is 5.32 Å². The third-order valence-electron chi connectivity index (χ3n) is 6.18. The fourth-order valence-electron chi connectivity index (χ4n) is 4.33. The minimum absolute atomic E-state index is 0.248. The van der Waals surface area contributed by atoms with Gasteiger partial charge in [0.1, 0.15) is 11.6 Å². The first-order valence-electron chi connectivity index (χ1n) is 11.3. The topological polar surface area (TPSA) is 84.4 Å². The number of carbonyl (C=O) groups excluding carboxylic acids is 2. The number of aromatic nitrogens is 2. The summed E-state index contributed by atoms with van der Waals surface area (Å²) < 4.78 is 18.5. The first-order valence-corrected chi connectivity index (χ1v) is 11.3. The molecule has 2 heterocycles. The first kappa shape index (κ1) is 23.4. The molecule has 176 valence electrons. The third-order valence-corrected chi connectivity index (χ3v) is 6.18. The van der Waals surface area contributed by atoms with E-state index in [1.54, 1.807) is 24.0 Å². The smallest absolute Gasteiger partial charge is 0.341 e. The van der Waals surface area contributed by atoms with Gasteiger partial charge in [0.25, 0.3) is 0 Å². The number of likely N-dealkylation sites (tertiary alicyclic amines) is 1. The second kappa shape index (κ2) is 10.4. The van der Waals surface area contributed by atoms with Gasteiger partial charge in [-0.15, -0.1) is 0 Å². The van der Waals surface area contributed by atoms with E-state index in [-0.39, 0.29) is 11.4 Å². The van der Waals surface area contributed by atoms with Crippen LogP contribution >= 0.6 is 0 Å². The summed E-state index contributed by atoms with van der Waals surface area (Å²) in [5.41, 5.74) is 1.67. The van der Waals surface area contributed by atoms with Gasteiger partial charge >= 0.3 is 12.0 Å². The van der Waals surface area contributed by atoms with Crippen LogP contribution in [0.4, 0.5) is 14.9 Å². The van der Waals surface area contributed by atoms with Gasteiger partial charge in [0.15, 0.2) is 0 Å². The Morgan fingerprint density at radius 3 is 2.41 bits per heavy atom. The number of amides is 2. The van der Waals surface area contributed by atoms with E-state index in [2.05, 4.69) is 27.4 Å². The molecule has 1 aromatic heterocycles. The van der Waals surface area contributed by atoms with Gasteiger partial charge in [-0.25, -0.2) is 23.9 Å². The van der Waals surface area contributed by atoms with Gasteiger partial charge in [0, 0.05) is 43.0 Å². The molecule has 8 heteroatoms. The number of nitrogens with zero attached hydrogens (tertiary/aromatic N) is 3. The number of benzene rings is 2. The van der Waals surface area contributed by atoms with Gasteiger partial charge in [-0.05, 0) is 43.5 Å². The zero-order valence-corrected chi connectivity index (χ0v) is 19.0. The molecule has 0 atom stereocenters. The molecule has 1 fully saturated rings. The van der Waals surface area contributed by atoms with Crippen LogP contribution in [0.1, 0.15) is 41.5 Å². The minimum Gasteiger partial charge on any atom is -0.462 e. The molecule has 0 spiro atoms. The molecule has 1 aliphatic heterocycles. The maximum atomic E-state index is 13.5. The lowest BCUT2D eigenvalue weighted by atomic mass is 9.70. The molecular weight excluding hydrogens is 435 g/mol. The van der Waals surface area contributed by atoms with Crippen molar-refractivity contribution in [1.29, 1.82) is 0 Å². The van der Waals surface area contributed by atoms with Crippen molar-refractivity contribution in [1.82, 2.24) is 14.9 Å². The summed E-state index contributed by atoms with van der Waals surface area (Å²) in [6.45, 7) is 3.12. The zero-order chi connectivity index (χ0) is 24.0. The summed E-state index contributed by atoms with van der Waals surface area (Å²) in [5, 5.41) is 2.77. The number of piperidine rings is 1. The number of halogens is 1. The Labute approximate surface area is 198 Å². The average molecular weight is 463 g/mol. The van der Waals surface area contributed by atoms with Crippen molar-refractivity contribution in [2.24, 2.45) is 0 Å². The maximum Gasteiger partial charge on any atom is 0.341 e. The molecule has 0 unspecified atom stereocenters. The van der Waals surface area contributed by atoms with Crippen LogP contribution in [0.25, 0.3) is 0 Å². The van der Waals surface area contributed by atoms with Crippen LogP contribution in [0.2, 0.25) is 0 Å². The Hall–Kier alpha value is -3.81. The number of urea groups is 1. The van der Waals surface area contributed by atoms with Gasteiger partial charge in [-0.2, -0.15) is 0 Å². The number of ether oxygens (including phenoxy) is 1. The van der Waals surface area contributed by atoms with E-state index in [0.717, 1.165) is 12.8 Å². The molecule has 1 saturated heterocycles. The molecule has 2 aromatic carbocycles. The molecule has 7 nitrogen and oxygen atoms in total. The zero-order valence-electron chi connectivity index (χ0n) is 19.0. The molecule has 1 N–H and O–H groups in total.